The summed E-state index contributed by atoms with van der Waals surface area (Å²) in [5.41, 5.74) is 2.11. The van der Waals surface area contributed by atoms with Crippen molar-refractivity contribution in [2.45, 2.75) is 31.2 Å². The van der Waals surface area contributed by atoms with Crippen LogP contribution < -0.4 is 0 Å². The van der Waals surface area contributed by atoms with Crippen LogP contribution in [0.25, 0.3) is 0 Å². The fraction of sp³-hybridized carbons (Fsp3) is 0.294. The maximum Gasteiger partial charge on any atom is 0.243 e. The summed E-state index contributed by atoms with van der Waals surface area (Å²) in [6.07, 6.45) is 0. The lowest BCUT2D eigenvalue weighted by molar-refractivity contribution is 0.466. The summed E-state index contributed by atoms with van der Waals surface area (Å²) >= 11 is 0. The summed E-state index contributed by atoms with van der Waals surface area (Å²) in [4.78, 5) is 0.338. The third kappa shape index (κ3) is 3.71. The molecule has 0 heterocycles. The van der Waals surface area contributed by atoms with E-state index in [1.807, 2.05) is 42.5 Å². The Morgan fingerprint density at radius 1 is 0.952 bits per heavy atom. The Morgan fingerprint density at radius 2 is 1.52 bits per heavy atom. The second kappa shape index (κ2) is 6.41. The first-order valence-electron chi connectivity index (χ1n) is 7.01. The van der Waals surface area contributed by atoms with E-state index < -0.39 is 10.0 Å². The van der Waals surface area contributed by atoms with Crippen LogP contribution in [-0.2, 0) is 16.6 Å². The summed E-state index contributed by atoms with van der Waals surface area (Å²) in [7, 11) is -1.84. The highest BCUT2D eigenvalue weighted by Gasteiger charge is 2.20. The second-order valence-corrected chi connectivity index (χ2v) is 7.52. The Bertz CT molecular complexity index is 676. The zero-order valence-electron chi connectivity index (χ0n) is 12.7. The van der Waals surface area contributed by atoms with Crippen LogP contribution in [0.1, 0.15) is 30.9 Å². The van der Waals surface area contributed by atoms with E-state index in [2.05, 4.69) is 13.8 Å². The SMILES string of the molecule is CC(C)c1ccc(S(=O)(=O)N(C)Cc2ccccc2)cc1. The van der Waals surface area contributed by atoms with Crippen LogP contribution in [0, 0.1) is 0 Å². The minimum absolute atomic E-state index is 0.338. The smallest absolute Gasteiger partial charge is 0.207 e. The first-order chi connectivity index (χ1) is 9.91. The highest BCUT2D eigenvalue weighted by atomic mass is 32.2. The number of nitrogens with zero attached hydrogens (tertiary/aromatic N) is 1. The molecule has 3 nitrogen and oxygen atoms in total. The van der Waals surface area contributed by atoms with Crippen molar-refractivity contribution in [1.29, 1.82) is 0 Å². The standard InChI is InChI=1S/C17H21NO2S/c1-14(2)16-9-11-17(12-10-16)21(19,20)18(3)13-15-7-5-4-6-8-15/h4-12,14H,13H2,1-3H3. The van der Waals surface area contributed by atoms with Gasteiger partial charge in [0, 0.05) is 13.6 Å². The average molecular weight is 303 g/mol. The Kier molecular flexibility index (Phi) is 4.80. The lowest BCUT2D eigenvalue weighted by Gasteiger charge is -2.17. The maximum atomic E-state index is 12.5. The molecule has 0 spiro atoms. The van der Waals surface area contributed by atoms with Crippen molar-refractivity contribution in [3.05, 3.63) is 65.7 Å². The van der Waals surface area contributed by atoms with Gasteiger partial charge in [-0.1, -0.05) is 56.3 Å². The van der Waals surface area contributed by atoms with Gasteiger partial charge in [0.1, 0.15) is 0 Å². The first kappa shape index (κ1) is 15.7. The van der Waals surface area contributed by atoms with Gasteiger partial charge in [0.2, 0.25) is 10.0 Å². The molecule has 112 valence electrons. The molecule has 0 amide bonds. The van der Waals surface area contributed by atoms with Crippen molar-refractivity contribution in [1.82, 2.24) is 4.31 Å². The molecule has 0 saturated carbocycles. The molecule has 0 unspecified atom stereocenters. The third-order valence-corrected chi connectivity index (χ3v) is 5.32. The van der Waals surface area contributed by atoms with E-state index >= 15 is 0 Å². The van der Waals surface area contributed by atoms with Gasteiger partial charge >= 0.3 is 0 Å². The molecule has 0 aromatic heterocycles. The van der Waals surface area contributed by atoms with Crippen molar-refractivity contribution in [3.8, 4) is 0 Å². The van der Waals surface area contributed by atoms with Gasteiger partial charge in [0.25, 0.3) is 0 Å². The summed E-state index contributed by atoms with van der Waals surface area (Å²) in [6, 6.07) is 16.7. The van der Waals surface area contributed by atoms with E-state index in [1.54, 1.807) is 19.2 Å². The van der Waals surface area contributed by atoms with Gasteiger partial charge in [0.15, 0.2) is 0 Å². The van der Waals surface area contributed by atoms with Crippen LogP contribution in [0.3, 0.4) is 0 Å². The van der Waals surface area contributed by atoms with E-state index in [9.17, 15) is 8.42 Å². The number of hydrogen-bond acceptors (Lipinski definition) is 2. The fourth-order valence-electron chi connectivity index (χ4n) is 2.13. The van der Waals surface area contributed by atoms with Crippen LogP contribution in [-0.4, -0.2) is 19.8 Å². The van der Waals surface area contributed by atoms with Gasteiger partial charge in [-0.05, 0) is 29.2 Å². The average Bonchev–Trinajstić information content (AvgIpc) is 2.48. The number of sulfonamides is 1. The molecule has 2 rings (SSSR count). The molecule has 0 fully saturated rings. The monoisotopic (exact) mass is 303 g/mol. The van der Waals surface area contributed by atoms with Crippen molar-refractivity contribution in [2.24, 2.45) is 0 Å². The largest absolute Gasteiger partial charge is 0.243 e. The van der Waals surface area contributed by atoms with Gasteiger partial charge in [-0.3, -0.25) is 0 Å². The Balaban J connectivity index is 2.20. The first-order valence-corrected chi connectivity index (χ1v) is 8.45. The fourth-order valence-corrected chi connectivity index (χ4v) is 3.29. The normalized spacial score (nSPS) is 12.0. The molecule has 0 bridgehead atoms. The molecule has 0 saturated heterocycles. The summed E-state index contributed by atoms with van der Waals surface area (Å²) in [5.74, 6) is 0.392. The van der Waals surface area contributed by atoms with Crippen molar-refractivity contribution in [2.75, 3.05) is 7.05 Å². The highest BCUT2D eigenvalue weighted by Crippen LogP contribution is 2.20. The molecule has 2 aromatic rings. The van der Waals surface area contributed by atoms with Crippen LogP contribution in [0.5, 0.6) is 0 Å². The van der Waals surface area contributed by atoms with Gasteiger partial charge in [-0.15, -0.1) is 0 Å². The lowest BCUT2D eigenvalue weighted by Crippen LogP contribution is -2.26. The molecular formula is C17H21NO2S. The topological polar surface area (TPSA) is 37.4 Å². The maximum absolute atomic E-state index is 12.5. The van der Waals surface area contributed by atoms with E-state index in [0.717, 1.165) is 11.1 Å². The quantitative estimate of drug-likeness (QED) is 0.846. The van der Waals surface area contributed by atoms with E-state index in [1.165, 1.54) is 4.31 Å². The van der Waals surface area contributed by atoms with Crippen LogP contribution in [0.2, 0.25) is 0 Å². The van der Waals surface area contributed by atoms with Crippen LogP contribution in [0.4, 0.5) is 0 Å². The summed E-state index contributed by atoms with van der Waals surface area (Å²) < 4.78 is 26.5. The van der Waals surface area contributed by atoms with Gasteiger partial charge < -0.3 is 0 Å². The third-order valence-electron chi connectivity index (χ3n) is 3.50. The molecule has 0 aliphatic heterocycles. The summed E-state index contributed by atoms with van der Waals surface area (Å²) in [6.45, 7) is 4.55. The number of hydrogen-bond donors (Lipinski definition) is 0. The zero-order chi connectivity index (χ0) is 15.5. The molecule has 0 radical (unpaired) electrons. The Morgan fingerprint density at radius 3 is 2.05 bits per heavy atom. The minimum Gasteiger partial charge on any atom is -0.207 e. The minimum atomic E-state index is -3.45. The predicted molar refractivity (Wildman–Crippen MR) is 85.6 cm³/mol. The predicted octanol–water partition coefficient (Wildman–Crippen LogP) is 3.63. The molecule has 2 aromatic carbocycles. The Hall–Kier alpha value is -1.65. The Labute approximate surface area is 127 Å². The zero-order valence-corrected chi connectivity index (χ0v) is 13.5. The molecule has 0 aliphatic rings. The molecule has 4 heteroatoms. The lowest BCUT2D eigenvalue weighted by atomic mass is 10.0. The molecular weight excluding hydrogens is 282 g/mol. The second-order valence-electron chi connectivity index (χ2n) is 5.47. The van der Waals surface area contributed by atoms with Crippen molar-refractivity contribution >= 4 is 10.0 Å². The van der Waals surface area contributed by atoms with E-state index in [-0.39, 0.29) is 0 Å². The highest BCUT2D eigenvalue weighted by molar-refractivity contribution is 7.89. The molecule has 0 atom stereocenters. The van der Waals surface area contributed by atoms with Crippen LogP contribution in [0.15, 0.2) is 59.5 Å². The molecule has 0 N–H and O–H groups in total. The van der Waals surface area contributed by atoms with Crippen LogP contribution >= 0.6 is 0 Å². The molecule has 21 heavy (non-hydrogen) atoms. The van der Waals surface area contributed by atoms with E-state index in [0.29, 0.717) is 17.4 Å². The summed E-state index contributed by atoms with van der Waals surface area (Å²) in [5, 5.41) is 0. The molecule has 0 aliphatic carbocycles. The van der Waals surface area contributed by atoms with Gasteiger partial charge in [-0.2, -0.15) is 4.31 Å². The van der Waals surface area contributed by atoms with Gasteiger partial charge in [-0.25, -0.2) is 8.42 Å². The number of benzene rings is 2. The van der Waals surface area contributed by atoms with Gasteiger partial charge in [0.05, 0.1) is 4.90 Å². The van der Waals surface area contributed by atoms with Crippen molar-refractivity contribution in [3.63, 3.8) is 0 Å². The van der Waals surface area contributed by atoms with Crippen molar-refractivity contribution < 1.29 is 8.42 Å². The van der Waals surface area contributed by atoms with E-state index in [4.69, 9.17) is 0 Å². The number of rotatable bonds is 5.